The minimum absolute atomic E-state index is 0.0791. The van der Waals surface area contributed by atoms with E-state index in [0.29, 0.717) is 36.3 Å². The lowest BCUT2D eigenvalue weighted by atomic mass is 10.2. The van der Waals surface area contributed by atoms with Crippen molar-refractivity contribution >= 4 is 33.3 Å². The Hall–Kier alpha value is -3.44. The molecule has 10 nitrogen and oxygen atoms in total. The maximum atomic E-state index is 12.6. The van der Waals surface area contributed by atoms with Crippen LogP contribution in [0.5, 0.6) is 5.75 Å². The van der Waals surface area contributed by atoms with Gasteiger partial charge in [0, 0.05) is 23.7 Å². The quantitative estimate of drug-likeness (QED) is 0.397. The third-order valence-corrected chi connectivity index (χ3v) is 6.72. The van der Waals surface area contributed by atoms with Gasteiger partial charge in [-0.05, 0) is 63.6 Å². The summed E-state index contributed by atoms with van der Waals surface area (Å²) in [7, 11) is -4.18. The topological polar surface area (TPSA) is 128 Å². The molecule has 0 spiro atoms. The summed E-state index contributed by atoms with van der Waals surface area (Å²) in [5.74, 6) is 0.320. The first-order valence-electron chi connectivity index (χ1n) is 10.7. The molecule has 12 heteroatoms. The summed E-state index contributed by atoms with van der Waals surface area (Å²) < 4.78 is 37.9. The highest BCUT2D eigenvalue weighted by Gasteiger charge is 2.27. The summed E-state index contributed by atoms with van der Waals surface area (Å²) >= 11 is 6.19. The summed E-state index contributed by atoms with van der Waals surface area (Å²) in [6.07, 6.45) is 0. The SMILES string of the molecule is C=C(C)COc1ccc(Cl)cc1CN(CC)c1ccc(C(=O)NS(=O)(=O)c2c(C)noc2C)nn1. The summed E-state index contributed by atoms with van der Waals surface area (Å²) in [6, 6.07) is 8.35. The van der Waals surface area contributed by atoms with Crippen molar-refractivity contribution in [1.29, 1.82) is 0 Å². The molecule has 1 N–H and O–H groups in total. The van der Waals surface area contributed by atoms with Gasteiger partial charge in [-0.1, -0.05) is 23.3 Å². The van der Waals surface area contributed by atoms with Crippen LogP contribution in [0, 0.1) is 13.8 Å². The van der Waals surface area contributed by atoms with Crippen LogP contribution in [0.2, 0.25) is 5.02 Å². The Morgan fingerprint density at radius 1 is 1.23 bits per heavy atom. The second-order valence-electron chi connectivity index (χ2n) is 7.88. The average molecular weight is 520 g/mol. The molecule has 2 aromatic heterocycles. The number of rotatable bonds is 10. The lowest BCUT2D eigenvalue weighted by Crippen LogP contribution is -2.32. The molecule has 0 aliphatic heterocycles. The van der Waals surface area contributed by atoms with Crippen molar-refractivity contribution in [2.75, 3.05) is 18.1 Å². The Balaban J connectivity index is 1.77. The molecule has 1 amide bonds. The van der Waals surface area contributed by atoms with Crippen LogP contribution in [0.3, 0.4) is 0 Å². The molecule has 2 heterocycles. The molecule has 1 aromatic carbocycles. The monoisotopic (exact) mass is 519 g/mol. The first kappa shape index (κ1) is 26.2. The number of hydrogen-bond acceptors (Lipinski definition) is 9. The maximum absolute atomic E-state index is 12.6. The van der Waals surface area contributed by atoms with E-state index >= 15 is 0 Å². The van der Waals surface area contributed by atoms with Gasteiger partial charge in [0.15, 0.2) is 22.2 Å². The lowest BCUT2D eigenvalue weighted by Gasteiger charge is -2.23. The fraction of sp³-hybridized carbons (Fsp3) is 0.304. The molecule has 186 valence electrons. The van der Waals surface area contributed by atoms with Crippen molar-refractivity contribution in [3.05, 3.63) is 70.2 Å². The summed E-state index contributed by atoms with van der Waals surface area (Å²) in [4.78, 5) is 14.3. The van der Waals surface area contributed by atoms with Gasteiger partial charge >= 0.3 is 0 Å². The van der Waals surface area contributed by atoms with E-state index in [4.69, 9.17) is 20.9 Å². The lowest BCUT2D eigenvalue weighted by molar-refractivity contribution is 0.0975. The first-order chi connectivity index (χ1) is 16.5. The highest BCUT2D eigenvalue weighted by Crippen LogP contribution is 2.26. The molecular formula is C23H26ClN5O5S. The number of nitrogens with zero attached hydrogens (tertiary/aromatic N) is 4. The van der Waals surface area contributed by atoms with E-state index in [1.807, 2.05) is 29.5 Å². The van der Waals surface area contributed by atoms with E-state index in [1.54, 1.807) is 18.2 Å². The van der Waals surface area contributed by atoms with E-state index in [9.17, 15) is 13.2 Å². The zero-order valence-corrected chi connectivity index (χ0v) is 21.4. The molecule has 0 saturated heterocycles. The van der Waals surface area contributed by atoms with Crippen LogP contribution in [-0.2, 0) is 16.6 Å². The number of aryl methyl sites for hydroxylation is 2. The van der Waals surface area contributed by atoms with E-state index in [-0.39, 0.29) is 22.0 Å². The molecule has 3 aromatic rings. The van der Waals surface area contributed by atoms with Crippen molar-refractivity contribution in [3.63, 3.8) is 0 Å². The molecule has 0 unspecified atom stereocenters. The van der Waals surface area contributed by atoms with Crippen molar-refractivity contribution in [2.45, 2.75) is 39.1 Å². The zero-order chi connectivity index (χ0) is 25.8. The largest absolute Gasteiger partial charge is 0.489 e. The Morgan fingerprint density at radius 2 is 1.97 bits per heavy atom. The summed E-state index contributed by atoms with van der Waals surface area (Å²) in [5.41, 5.74) is 1.72. The second kappa shape index (κ2) is 10.9. The van der Waals surface area contributed by atoms with Gasteiger partial charge in [-0.2, -0.15) is 0 Å². The highest BCUT2D eigenvalue weighted by molar-refractivity contribution is 7.90. The minimum atomic E-state index is -4.18. The molecule has 3 rings (SSSR count). The van der Waals surface area contributed by atoms with E-state index in [1.165, 1.54) is 19.9 Å². The van der Waals surface area contributed by atoms with Crippen LogP contribution >= 0.6 is 11.6 Å². The normalized spacial score (nSPS) is 11.2. The molecule has 0 aliphatic carbocycles. The number of aromatic nitrogens is 3. The number of nitrogens with one attached hydrogen (secondary N) is 1. The van der Waals surface area contributed by atoms with Crippen LogP contribution in [0.1, 0.15) is 41.4 Å². The Kier molecular flexibility index (Phi) is 8.13. The summed E-state index contributed by atoms with van der Waals surface area (Å²) in [6.45, 7) is 12.0. The van der Waals surface area contributed by atoms with Gasteiger partial charge in [0.2, 0.25) is 0 Å². The minimum Gasteiger partial charge on any atom is -0.489 e. The smallest absolute Gasteiger partial charge is 0.285 e. The van der Waals surface area contributed by atoms with Gasteiger partial charge < -0.3 is 14.2 Å². The number of hydrogen-bond donors (Lipinski definition) is 1. The second-order valence-corrected chi connectivity index (χ2v) is 9.93. The van der Waals surface area contributed by atoms with Crippen LogP contribution in [-0.4, -0.2) is 42.8 Å². The zero-order valence-electron chi connectivity index (χ0n) is 19.8. The van der Waals surface area contributed by atoms with Gasteiger partial charge in [-0.3, -0.25) is 4.79 Å². The summed E-state index contributed by atoms with van der Waals surface area (Å²) in [5, 5.41) is 12.2. The van der Waals surface area contributed by atoms with Gasteiger partial charge in [-0.25, -0.2) is 13.1 Å². The molecule has 0 aliphatic rings. The predicted molar refractivity (Wildman–Crippen MR) is 131 cm³/mol. The fourth-order valence-corrected chi connectivity index (χ4v) is 4.76. The first-order valence-corrected chi connectivity index (χ1v) is 12.5. The van der Waals surface area contributed by atoms with Gasteiger partial charge in [0.25, 0.3) is 15.9 Å². The van der Waals surface area contributed by atoms with Crippen molar-refractivity contribution < 1.29 is 22.5 Å². The van der Waals surface area contributed by atoms with Crippen LogP contribution in [0.25, 0.3) is 0 Å². The number of carbonyl (C=O) groups is 1. The molecule has 0 fully saturated rings. The van der Waals surface area contributed by atoms with Crippen LogP contribution in [0.4, 0.5) is 5.82 Å². The number of halogens is 1. The van der Waals surface area contributed by atoms with Crippen molar-refractivity contribution in [1.82, 2.24) is 20.1 Å². The number of anilines is 1. The van der Waals surface area contributed by atoms with Gasteiger partial charge in [0.1, 0.15) is 18.1 Å². The molecule has 0 saturated carbocycles. The fourth-order valence-electron chi connectivity index (χ4n) is 3.27. The van der Waals surface area contributed by atoms with Crippen molar-refractivity contribution in [2.24, 2.45) is 0 Å². The highest BCUT2D eigenvalue weighted by atomic mass is 35.5. The standard InChI is InChI=1S/C23H26ClN5O5S/c1-6-29(12-17-11-18(24)7-9-20(17)33-13-14(2)3)21-10-8-19(25-26-21)23(30)28-35(31,32)22-15(4)27-34-16(22)5/h7-11H,2,6,12-13H2,1,3-5H3,(H,28,30). The third-order valence-electron chi connectivity index (χ3n) is 4.91. The maximum Gasteiger partial charge on any atom is 0.285 e. The van der Waals surface area contributed by atoms with Gasteiger partial charge in [0.05, 0.1) is 0 Å². The number of sulfonamides is 1. The predicted octanol–water partition coefficient (Wildman–Crippen LogP) is 3.83. The Morgan fingerprint density at radius 3 is 2.54 bits per heavy atom. The van der Waals surface area contributed by atoms with E-state index in [2.05, 4.69) is 21.9 Å². The molecule has 0 radical (unpaired) electrons. The Bertz CT molecular complexity index is 1320. The molecule has 35 heavy (non-hydrogen) atoms. The number of benzene rings is 1. The molecule has 0 atom stereocenters. The number of amides is 1. The average Bonchev–Trinajstić information content (AvgIpc) is 3.15. The molecule has 0 bridgehead atoms. The third kappa shape index (κ3) is 6.37. The van der Waals surface area contributed by atoms with Crippen molar-refractivity contribution in [3.8, 4) is 5.75 Å². The van der Waals surface area contributed by atoms with Crippen LogP contribution in [0.15, 0.2) is 51.9 Å². The van der Waals surface area contributed by atoms with Crippen LogP contribution < -0.4 is 14.4 Å². The Labute approximate surface area is 209 Å². The number of ether oxygens (including phenoxy) is 1. The van der Waals surface area contributed by atoms with E-state index in [0.717, 1.165) is 11.1 Å². The van der Waals surface area contributed by atoms with E-state index < -0.39 is 15.9 Å². The van der Waals surface area contributed by atoms with Gasteiger partial charge in [-0.15, -0.1) is 10.2 Å². The number of carbonyl (C=O) groups excluding carboxylic acids is 1. The molecular weight excluding hydrogens is 494 g/mol.